The number of carbonyl (C=O) groups is 1. The van der Waals surface area contributed by atoms with Crippen molar-refractivity contribution < 1.29 is 19.0 Å². The van der Waals surface area contributed by atoms with E-state index in [2.05, 4.69) is 29.2 Å². The van der Waals surface area contributed by atoms with E-state index >= 15 is 0 Å². The highest BCUT2D eigenvalue weighted by Gasteiger charge is 2.29. The van der Waals surface area contributed by atoms with Crippen LogP contribution in [0.2, 0.25) is 0 Å². The van der Waals surface area contributed by atoms with Crippen molar-refractivity contribution in [2.75, 3.05) is 40.4 Å². The van der Waals surface area contributed by atoms with Gasteiger partial charge in [0.15, 0.2) is 0 Å². The summed E-state index contributed by atoms with van der Waals surface area (Å²) in [5.41, 5.74) is 2.01. The standard InChI is InChI=1S/C25H34N2O4/c1-25(2,3)31-24(28)27-16-14-26(15-17-27)23(20-8-12-22(30-5)13-9-20)18-19-6-10-21(29-4)11-7-19/h6-13,23H,14-18H2,1-5H3. The van der Waals surface area contributed by atoms with Crippen LogP contribution in [0.3, 0.4) is 0 Å². The number of amides is 1. The zero-order valence-electron chi connectivity index (χ0n) is 19.3. The van der Waals surface area contributed by atoms with Gasteiger partial charge in [-0.15, -0.1) is 0 Å². The van der Waals surface area contributed by atoms with E-state index in [0.717, 1.165) is 31.0 Å². The Hall–Kier alpha value is -2.73. The first kappa shape index (κ1) is 22.9. The van der Waals surface area contributed by atoms with Crippen LogP contribution in [0.25, 0.3) is 0 Å². The average molecular weight is 427 g/mol. The number of ether oxygens (including phenoxy) is 3. The summed E-state index contributed by atoms with van der Waals surface area (Å²) in [6.07, 6.45) is 0.645. The Morgan fingerprint density at radius 2 is 1.39 bits per heavy atom. The Kier molecular flexibility index (Phi) is 7.44. The summed E-state index contributed by atoms with van der Waals surface area (Å²) in [4.78, 5) is 16.7. The van der Waals surface area contributed by atoms with E-state index in [0.29, 0.717) is 13.1 Å². The molecule has 2 aromatic rings. The van der Waals surface area contributed by atoms with Gasteiger partial charge < -0.3 is 19.1 Å². The van der Waals surface area contributed by atoms with Gasteiger partial charge in [-0.25, -0.2) is 4.79 Å². The maximum Gasteiger partial charge on any atom is 0.410 e. The summed E-state index contributed by atoms with van der Waals surface area (Å²) in [7, 11) is 3.36. The van der Waals surface area contributed by atoms with Crippen molar-refractivity contribution in [3.8, 4) is 11.5 Å². The second kappa shape index (κ2) is 10.1. The molecular formula is C25H34N2O4. The zero-order valence-corrected chi connectivity index (χ0v) is 19.3. The van der Waals surface area contributed by atoms with Crippen molar-refractivity contribution in [2.24, 2.45) is 0 Å². The third-order valence-electron chi connectivity index (χ3n) is 5.50. The molecule has 1 heterocycles. The fraction of sp³-hybridized carbons (Fsp3) is 0.480. The van der Waals surface area contributed by atoms with E-state index in [1.807, 2.05) is 45.0 Å². The van der Waals surface area contributed by atoms with Crippen LogP contribution in [0, 0.1) is 0 Å². The van der Waals surface area contributed by atoms with Gasteiger partial charge in [0.2, 0.25) is 0 Å². The molecule has 1 aliphatic rings. The van der Waals surface area contributed by atoms with Gasteiger partial charge >= 0.3 is 6.09 Å². The first-order chi connectivity index (χ1) is 14.8. The molecule has 0 saturated carbocycles. The van der Waals surface area contributed by atoms with Gasteiger partial charge in [-0.3, -0.25) is 4.90 Å². The molecule has 31 heavy (non-hydrogen) atoms. The fourth-order valence-electron chi connectivity index (χ4n) is 3.81. The SMILES string of the molecule is COc1ccc(CC(c2ccc(OC)cc2)N2CCN(C(=O)OC(C)(C)C)CC2)cc1. The normalized spacial score (nSPS) is 16.0. The van der Waals surface area contributed by atoms with Crippen molar-refractivity contribution in [1.82, 2.24) is 9.80 Å². The molecule has 0 aliphatic carbocycles. The van der Waals surface area contributed by atoms with Gasteiger partial charge in [-0.1, -0.05) is 24.3 Å². The molecule has 0 N–H and O–H groups in total. The number of nitrogens with zero attached hydrogens (tertiary/aromatic N) is 2. The predicted molar refractivity (Wildman–Crippen MR) is 122 cm³/mol. The minimum Gasteiger partial charge on any atom is -0.497 e. The van der Waals surface area contributed by atoms with E-state index in [1.54, 1.807) is 19.1 Å². The topological polar surface area (TPSA) is 51.2 Å². The van der Waals surface area contributed by atoms with Crippen LogP contribution < -0.4 is 9.47 Å². The van der Waals surface area contributed by atoms with Crippen molar-refractivity contribution in [3.05, 3.63) is 59.7 Å². The third-order valence-corrected chi connectivity index (χ3v) is 5.50. The Morgan fingerprint density at radius 1 is 0.871 bits per heavy atom. The zero-order chi connectivity index (χ0) is 22.4. The second-order valence-corrected chi connectivity index (χ2v) is 8.84. The Labute approximate surface area is 185 Å². The first-order valence-corrected chi connectivity index (χ1v) is 10.8. The minimum absolute atomic E-state index is 0.208. The van der Waals surface area contributed by atoms with Gasteiger partial charge in [-0.2, -0.15) is 0 Å². The molecule has 1 amide bonds. The lowest BCUT2D eigenvalue weighted by Gasteiger charge is -2.40. The number of rotatable bonds is 6. The molecule has 1 unspecified atom stereocenters. The predicted octanol–water partition coefficient (Wildman–Crippen LogP) is 4.54. The maximum absolute atomic E-state index is 12.4. The molecule has 3 rings (SSSR count). The lowest BCUT2D eigenvalue weighted by molar-refractivity contribution is 0.0102. The van der Waals surface area contributed by atoms with E-state index in [4.69, 9.17) is 14.2 Å². The van der Waals surface area contributed by atoms with Crippen LogP contribution in [0.4, 0.5) is 4.79 Å². The van der Waals surface area contributed by atoms with Crippen LogP contribution in [0.5, 0.6) is 11.5 Å². The van der Waals surface area contributed by atoms with Crippen molar-refractivity contribution in [3.63, 3.8) is 0 Å². The number of piperazine rings is 1. The number of carbonyl (C=O) groups excluding carboxylic acids is 1. The molecule has 2 aromatic carbocycles. The quantitative estimate of drug-likeness (QED) is 0.679. The maximum atomic E-state index is 12.4. The largest absolute Gasteiger partial charge is 0.497 e. The molecule has 168 valence electrons. The number of methoxy groups -OCH3 is 2. The highest BCUT2D eigenvalue weighted by Crippen LogP contribution is 2.29. The van der Waals surface area contributed by atoms with Crippen LogP contribution in [-0.4, -0.2) is 61.9 Å². The highest BCUT2D eigenvalue weighted by atomic mass is 16.6. The van der Waals surface area contributed by atoms with Gasteiger partial charge in [0.1, 0.15) is 17.1 Å². The summed E-state index contributed by atoms with van der Waals surface area (Å²) in [6, 6.07) is 16.7. The van der Waals surface area contributed by atoms with E-state index in [1.165, 1.54) is 11.1 Å². The summed E-state index contributed by atoms with van der Waals surface area (Å²) >= 11 is 0. The molecule has 1 fully saturated rings. The lowest BCUT2D eigenvalue weighted by Crippen LogP contribution is -2.51. The molecule has 0 radical (unpaired) electrons. The summed E-state index contributed by atoms with van der Waals surface area (Å²) in [5, 5.41) is 0. The first-order valence-electron chi connectivity index (χ1n) is 10.8. The van der Waals surface area contributed by atoms with Crippen LogP contribution in [0.15, 0.2) is 48.5 Å². The van der Waals surface area contributed by atoms with Gasteiger partial charge in [-0.05, 0) is 62.6 Å². The Bertz CT molecular complexity index is 835. The van der Waals surface area contributed by atoms with Crippen molar-refractivity contribution in [2.45, 2.75) is 38.8 Å². The third kappa shape index (κ3) is 6.37. The number of hydrogen-bond acceptors (Lipinski definition) is 5. The van der Waals surface area contributed by atoms with E-state index < -0.39 is 5.60 Å². The van der Waals surface area contributed by atoms with Crippen molar-refractivity contribution in [1.29, 1.82) is 0 Å². The summed E-state index contributed by atoms with van der Waals surface area (Å²) < 4.78 is 16.2. The molecule has 6 heteroatoms. The Balaban J connectivity index is 1.74. The van der Waals surface area contributed by atoms with Gasteiger partial charge in [0.05, 0.1) is 14.2 Å². The van der Waals surface area contributed by atoms with Crippen LogP contribution in [0.1, 0.15) is 37.9 Å². The summed E-state index contributed by atoms with van der Waals surface area (Å²) in [6.45, 7) is 8.60. The van der Waals surface area contributed by atoms with Gasteiger partial charge in [0, 0.05) is 32.2 Å². The average Bonchev–Trinajstić information content (AvgIpc) is 2.77. The molecular weight excluding hydrogens is 392 g/mol. The molecule has 0 spiro atoms. The van der Waals surface area contributed by atoms with Gasteiger partial charge in [0.25, 0.3) is 0 Å². The molecule has 6 nitrogen and oxygen atoms in total. The summed E-state index contributed by atoms with van der Waals surface area (Å²) in [5.74, 6) is 1.71. The molecule has 0 bridgehead atoms. The molecule has 1 saturated heterocycles. The molecule has 0 aromatic heterocycles. The fourth-order valence-corrected chi connectivity index (χ4v) is 3.81. The van der Waals surface area contributed by atoms with Crippen molar-refractivity contribution >= 4 is 6.09 Å². The molecule has 1 atom stereocenters. The van der Waals surface area contributed by atoms with Crippen LogP contribution >= 0.6 is 0 Å². The highest BCUT2D eigenvalue weighted by molar-refractivity contribution is 5.68. The minimum atomic E-state index is -0.478. The smallest absolute Gasteiger partial charge is 0.410 e. The monoisotopic (exact) mass is 426 g/mol. The van der Waals surface area contributed by atoms with Crippen LogP contribution in [-0.2, 0) is 11.2 Å². The second-order valence-electron chi connectivity index (χ2n) is 8.84. The Morgan fingerprint density at radius 3 is 1.87 bits per heavy atom. The van der Waals surface area contributed by atoms with E-state index in [9.17, 15) is 4.79 Å². The lowest BCUT2D eigenvalue weighted by atomic mass is 9.96. The number of hydrogen-bond donors (Lipinski definition) is 0. The molecule has 1 aliphatic heterocycles. The number of benzene rings is 2. The van der Waals surface area contributed by atoms with E-state index in [-0.39, 0.29) is 12.1 Å².